The molecule has 0 aliphatic heterocycles. The molecular weight excluding hydrogens is 245 g/mol. The molecule has 2 amide bonds. The van der Waals surface area contributed by atoms with Crippen molar-refractivity contribution in [2.75, 3.05) is 13.1 Å². The van der Waals surface area contributed by atoms with E-state index in [0.717, 1.165) is 37.0 Å². The quantitative estimate of drug-likeness (QED) is 0.832. The number of halogens is 3. The highest BCUT2D eigenvalue weighted by Crippen LogP contribution is 2.19. The van der Waals surface area contributed by atoms with Crippen molar-refractivity contribution in [1.82, 2.24) is 10.2 Å². The number of amides is 2. The first kappa shape index (κ1) is 15.1. The fourth-order valence-electron chi connectivity index (χ4n) is 2.25. The average Bonchev–Trinajstić information content (AvgIpc) is 2.28. The van der Waals surface area contributed by atoms with Gasteiger partial charge in [0.05, 0.1) is 0 Å². The number of hydrogen-bond acceptors (Lipinski definition) is 1. The number of hydrogen-bond donors (Lipinski definition) is 1. The van der Waals surface area contributed by atoms with E-state index in [0.29, 0.717) is 6.42 Å². The van der Waals surface area contributed by atoms with Crippen molar-refractivity contribution >= 4 is 6.03 Å². The van der Waals surface area contributed by atoms with Gasteiger partial charge in [-0.2, -0.15) is 13.2 Å². The Balaban J connectivity index is 2.47. The van der Waals surface area contributed by atoms with Crippen LogP contribution in [0.3, 0.4) is 0 Å². The molecule has 18 heavy (non-hydrogen) atoms. The number of nitrogens with one attached hydrogen (secondary N) is 1. The van der Waals surface area contributed by atoms with E-state index in [4.69, 9.17) is 0 Å². The van der Waals surface area contributed by atoms with E-state index in [9.17, 15) is 18.0 Å². The Morgan fingerprint density at radius 2 is 1.89 bits per heavy atom. The van der Waals surface area contributed by atoms with Crippen molar-refractivity contribution in [2.45, 2.75) is 57.7 Å². The molecular formula is C12H21F3N2O. The van der Waals surface area contributed by atoms with Gasteiger partial charge in [0, 0.05) is 12.6 Å². The summed E-state index contributed by atoms with van der Waals surface area (Å²) in [6.45, 7) is 0.731. The van der Waals surface area contributed by atoms with E-state index in [1.165, 1.54) is 0 Å². The maximum atomic E-state index is 12.3. The molecule has 1 N–H and O–H groups in total. The van der Waals surface area contributed by atoms with Gasteiger partial charge in [0.15, 0.2) is 0 Å². The summed E-state index contributed by atoms with van der Waals surface area (Å²) in [5.74, 6) is 0. The zero-order chi connectivity index (χ0) is 13.6. The van der Waals surface area contributed by atoms with E-state index in [1.54, 1.807) is 6.92 Å². The fourth-order valence-corrected chi connectivity index (χ4v) is 2.25. The number of carbonyl (C=O) groups excluding carboxylic acids is 1. The van der Waals surface area contributed by atoms with Crippen molar-refractivity contribution in [2.24, 2.45) is 0 Å². The van der Waals surface area contributed by atoms with Crippen LogP contribution in [0.1, 0.15) is 45.4 Å². The third-order valence-electron chi connectivity index (χ3n) is 3.08. The van der Waals surface area contributed by atoms with E-state index in [1.807, 2.05) is 0 Å². The Hall–Kier alpha value is -0.940. The Labute approximate surface area is 106 Å². The van der Waals surface area contributed by atoms with Crippen LogP contribution in [0.5, 0.6) is 0 Å². The minimum Gasteiger partial charge on any atom is -0.335 e. The van der Waals surface area contributed by atoms with Crippen molar-refractivity contribution in [3.05, 3.63) is 0 Å². The molecule has 1 aliphatic carbocycles. The number of urea groups is 1. The molecule has 0 radical (unpaired) electrons. The van der Waals surface area contributed by atoms with Gasteiger partial charge in [0.2, 0.25) is 0 Å². The number of carbonyl (C=O) groups is 1. The van der Waals surface area contributed by atoms with Gasteiger partial charge in [0.1, 0.15) is 6.54 Å². The van der Waals surface area contributed by atoms with Crippen molar-refractivity contribution < 1.29 is 18.0 Å². The van der Waals surface area contributed by atoms with Gasteiger partial charge >= 0.3 is 12.2 Å². The van der Waals surface area contributed by atoms with Crippen molar-refractivity contribution in [1.29, 1.82) is 0 Å². The smallest absolute Gasteiger partial charge is 0.335 e. The number of alkyl halides is 3. The second kappa shape index (κ2) is 6.85. The van der Waals surface area contributed by atoms with E-state index >= 15 is 0 Å². The lowest BCUT2D eigenvalue weighted by Crippen LogP contribution is -2.48. The lowest BCUT2D eigenvalue weighted by Gasteiger charge is -2.28. The van der Waals surface area contributed by atoms with Gasteiger partial charge in [-0.25, -0.2) is 4.79 Å². The summed E-state index contributed by atoms with van der Waals surface area (Å²) in [7, 11) is 0. The molecule has 1 rings (SSSR count). The number of nitrogens with zero attached hydrogens (tertiary/aromatic N) is 1. The van der Waals surface area contributed by atoms with Crippen LogP contribution in [0.4, 0.5) is 18.0 Å². The van der Waals surface area contributed by atoms with Crippen LogP contribution in [-0.4, -0.2) is 36.2 Å². The molecule has 0 aromatic carbocycles. The minimum atomic E-state index is -4.33. The van der Waals surface area contributed by atoms with Crippen LogP contribution in [0, 0.1) is 0 Å². The summed E-state index contributed by atoms with van der Waals surface area (Å²) in [5.41, 5.74) is 0. The molecule has 0 aromatic heterocycles. The van der Waals surface area contributed by atoms with Gasteiger partial charge in [0.25, 0.3) is 0 Å². The highest BCUT2D eigenvalue weighted by atomic mass is 19.4. The zero-order valence-corrected chi connectivity index (χ0v) is 10.7. The lowest BCUT2D eigenvalue weighted by molar-refractivity contribution is -0.140. The van der Waals surface area contributed by atoms with Crippen molar-refractivity contribution in [3.8, 4) is 0 Å². The van der Waals surface area contributed by atoms with Crippen LogP contribution in [-0.2, 0) is 0 Å². The summed E-state index contributed by atoms with van der Waals surface area (Å²) >= 11 is 0. The first-order valence-electron chi connectivity index (χ1n) is 6.54. The maximum absolute atomic E-state index is 12.3. The molecule has 0 saturated heterocycles. The molecule has 0 bridgehead atoms. The molecule has 6 heteroatoms. The molecule has 3 nitrogen and oxygen atoms in total. The standard InChI is InChI=1S/C12H21F3N2O/c1-2-8-17(9-12(13,14)15)11(18)16-10-6-4-3-5-7-10/h10H,2-9H2,1H3,(H,16,18). The third kappa shape index (κ3) is 5.60. The molecule has 1 saturated carbocycles. The monoisotopic (exact) mass is 266 g/mol. The summed E-state index contributed by atoms with van der Waals surface area (Å²) in [4.78, 5) is 12.6. The molecule has 0 aromatic rings. The summed E-state index contributed by atoms with van der Waals surface area (Å²) in [5, 5.41) is 2.71. The van der Waals surface area contributed by atoms with Crippen LogP contribution in [0.25, 0.3) is 0 Å². The molecule has 106 valence electrons. The highest BCUT2D eigenvalue weighted by Gasteiger charge is 2.33. The molecule has 1 aliphatic rings. The highest BCUT2D eigenvalue weighted by molar-refractivity contribution is 5.74. The maximum Gasteiger partial charge on any atom is 0.406 e. The Bertz CT molecular complexity index is 263. The summed E-state index contributed by atoms with van der Waals surface area (Å²) < 4.78 is 37.0. The Kier molecular flexibility index (Phi) is 5.75. The normalized spacial score (nSPS) is 17.6. The topological polar surface area (TPSA) is 32.3 Å². The summed E-state index contributed by atoms with van der Waals surface area (Å²) in [6.07, 6.45) is 1.16. The average molecular weight is 266 g/mol. The minimum absolute atomic E-state index is 0.0406. The van der Waals surface area contributed by atoms with Crippen LogP contribution >= 0.6 is 0 Å². The van der Waals surface area contributed by atoms with Crippen LogP contribution < -0.4 is 5.32 Å². The first-order chi connectivity index (χ1) is 8.42. The molecule has 0 unspecified atom stereocenters. The van der Waals surface area contributed by atoms with Gasteiger partial charge in [-0.15, -0.1) is 0 Å². The predicted molar refractivity (Wildman–Crippen MR) is 63.3 cm³/mol. The third-order valence-corrected chi connectivity index (χ3v) is 3.08. The van der Waals surface area contributed by atoms with Gasteiger partial charge in [-0.3, -0.25) is 0 Å². The molecule has 0 spiro atoms. The number of rotatable bonds is 4. The molecule has 0 atom stereocenters. The predicted octanol–water partition coefficient (Wildman–Crippen LogP) is 3.30. The molecule has 0 heterocycles. The zero-order valence-electron chi connectivity index (χ0n) is 10.7. The van der Waals surface area contributed by atoms with E-state index in [-0.39, 0.29) is 12.6 Å². The first-order valence-corrected chi connectivity index (χ1v) is 6.54. The second-order valence-corrected chi connectivity index (χ2v) is 4.82. The van der Waals surface area contributed by atoms with E-state index < -0.39 is 18.8 Å². The van der Waals surface area contributed by atoms with Gasteiger partial charge < -0.3 is 10.2 Å². The lowest BCUT2D eigenvalue weighted by atomic mass is 9.96. The Morgan fingerprint density at radius 1 is 1.28 bits per heavy atom. The molecule has 1 fully saturated rings. The largest absolute Gasteiger partial charge is 0.406 e. The Morgan fingerprint density at radius 3 is 2.39 bits per heavy atom. The summed E-state index contributed by atoms with van der Waals surface area (Å²) in [6, 6.07) is -0.542. The van der Waals surface area contributed by atoms with Gasteiger partial charge in [-0.1, -0.05) is 26.2 Å². The van der Waals surface area contributed by atoms with Gasteiger partial charge in [-0.05, 0) is 19.3 Å². The second-order valence-electron chi connectivity index (χ2n) is 4.82. The van der Waals surface area contributed by atoms with E-state index in [2.05, 4.69) is 5.32 Å². The van der Waals surface area contributed by atoms with Crippen LogP contribution in [0.15, 0.2) is 0 Å². The van der Waals surface area contributed by atoms with Crippen LogP contribution in [0.2, 0.25) is 0 Å². The SMILES string of the molecule is CCCN(CC(F)(F)F)C(=O)NC1CCCCC1. The fraction of sp³-hybridized carbons (Fsp3) is 0.917. The van der Waals surface area contributed by atoms with Crippen molar-refractivity contribution in [3.63, 3.8) is 0 Å².